The highest BCUT2D eigenvalue weighted by molar-refractivity contribution is 6.20. The molecule has 0 bridgehead atoms. The van der Waals surface area contributed by atoms with Crippen molar-refractivity contribution in [1.29, 1.82) is 0 Å². The van der Waals surface area contributed by atoms with E-state index in [1.165, 1.54) is 5.56 Å². The van der Waals surface area contributed by atoms with Crippen molar-refractivity contribution in [3.8, 4) is 0 Å². The summed E-state index contributed by atoms with van der Waals surface area (Å²) in [4.78, 5) is 0. The van der Waals surface area contributed by atoms with Crippen LogP contribution in [0.2, 0.25) is 0 Å². The second-order valence-corrected chi connectivity index (χ2v) is 4.88. The van der Waals surface area contributed by atoms with Crippen LogP contribution in [0.4, 0.5) is 0 Å². The molecule has 1 atom stereocenters. The SMILES string of the molecule is C=C(C)COCC(Cl)Cc1ccccc1.CNC. The van der Waals surface area contributed by atoms with Gasteiger partial charge in [0.2, 0.25) is 0 Å². The van der Waals surface area contributed by atoms with Crippen molar-refractivity contribution >= 4 is 11.6 Å². The van der Waals surface area contributed by atoms with Crippen LogP contribution in [0.25, 0.3) is 0 Å². The first-order chi connectivity index (χ1) is 8.60. The molecule has 0 aliphatic carbocycles. The number of halogens is 1. The van der Waals surface area contributed by atoms with Gasteiger partial charge < -0.3 is 10.1 Å². The lowest BCUT2D eigenvalue weighted by Gasteiger charge is -2.10. The fourth-order valence-electron chi connectivity index (χ4n) is 1.29. The van der Waals surface area contributed by atoms with E-state index in [0.717, 1.165) is 12.0 Å². The van der Waals surface area contributed by atoms with Crippen LogP contribution in [0, 0.1) is 0 Å². The Morgan fingerprint density at radius 1 is 1.33 bits per heavy atom. The predicted molar refractivity (Wildman–Crippen MR) is 80.4 cm³/mol. The summed E-state index contributed by atoms with van der Waals surface area (Å²) in [7, 11) is 3.75. The number of hydrogen-bond acceptors (Lipinski definition) is 2. The maximum atomic E-state index is 6.14. The molecule has 1 unspecified atom stereocenters. The topological polar surface area (TPSA) is 21.3 Å². The summed E-state index contributed by atoms with van der Waals surface area (Å²) in [6, 6.07) is 10.2. The summed E-state index contributed by atoms with van der Waals surface area (Å²) >= 11 is 6.14. The van der Waals surface area contributed by atoms with Crippen molar-refractivity contribution in [2.45, 2.75) is 18.7 Å². The number of hydrogen-bond donors (Lipinski definition) is 1. The average molecular weight is 270 g/mol. The Morgan fingerprint density at radius 2 is 1.89 bits per heavy atom. The highest BCUT2D eigenvalue weighted by Crippen LogP contribution is 2.08. The lowest BCUT2D eigenvalue weighted by Crippen LogP contribution is -2.13. The zero-order valence-electron chi connectivity index (χ0n) is 11.6. The quantitative estimate of drug-likeness (QED) is 0.632. The van der Waals surface area contributed by atoms with Gasteiger partial charge in [0.05, 0.1) is 18.6 Å². The summed E-state index contributed by atoms with van der Waals surface area (Å²) in [6.07, 6.45) is 0.846. The van der Waals surface area contributed by atoms with E-state index in [-0.39, 0.29) is 5.38 Å². The molecule has 0 heterocycles. The van der Waals surface area contributed by atoms with E-state index in [0.29, 0.717) is 13.2 Å². The third kappa shape index (κ3) is 10.3. The smallest absolute Gasteiger partial charge is 0.0672 e. The fraction of sp³-hybridized carbons (Fsp3) is 0.467. The van der Waals surface area contributed by atoms with Crippen molar-refractivity contribution in [3.05, 3.63) is 48.0 Å². The van der Waals surface area contributed by atoms with E-state index in [1.54, 1.807) is 0 Å². The second-order valence-electron chi connectivity index (χ2n) is 4.26. The monoisotopic (exact) mass is 269 g/mol. The highest BCUT2D eigenvalue weighted by Gasteiger charge is 2.05. The Balaban J connectivity index is 0.000000873. The lowest BCUT2D eigenvalue weighted by molar-refractivity contribution is 0.156. The van der Waals surface area contributed by atoms with Gasteiger partial charge in [0.15, 0.2) is 0 Å². The van der Waals surface area contributed by atoms with E-state index in [4.69, 9.17) is 16.3 Å². The van der Waals surface area contributed by atoms with Crippen molar-refractivity contribution in [1.82, 2.24) is 5.32 Å². The Hall–Kier alpha value is -0.830. The van der Waals surface area contributed by atoms with Gasteiger partial charge in [0.1, 0.15) is 0 Å². The van der Waals surface area contributed by atoms with Gasteiger partial charge in [0, 0.05) is 0 Å². The van der Waals surface area contributed by atoms with Crippen LogP contribution in [0.5, 0.6) is 0 Å². The molecule has 1 rings (SSSR count). The number of benzene rings is 1. The van der Waals surface area contributed by atoms with Gasteiger partial charge in [-0.3, -0.25) is 0 Å². The number of ether oxygens (including phenoxy) is 1. The zero-order chi connectivity index (χ0) is 13.8. The van der Waals surface area contributed by atoms with Gasteiger partial charge in [-0.1, -0.05) is 42.5 Å². The predicted octanol–water partition coefficient (Wildman–Crippen LogP) is 3.26. The van der Waals surface area contributed by atoms with E-state index >= 15 is 0 Å². The molecule has 0 radical (unpaired) electrons. The van der Waals surface area contributed by atoms with Gasteiger partial charge in [-0.2, -0.15) is 0 Å². The Kier molecular flexibility index (Phi) is 10.8. The van der Waals surface area contributed by atoms with Gasteiger partial charge >= 0.3 is 0 Å². The van der Waals surface area contributed by atoms with Crippen molar-refractivity contribution < 1.29 is 4.74 Å². The molecule has 2 nitrogen and oxygen atoms in total. The molecule has 0 aliphatic rings. The molecule has 18 heavy (non-hydrogen) atoms. The largest absolute Gasteiger partial charge is 0.376 e. The fourth-order valence-corrected chi connectivity index (χ4v) is 1.56. The molecule has 1 N–H and O–H groups in total. The van der Waals surface area contributed by atoms with Crippen molar-refractivity contribution in [2.24, 2.45) is 0 Å². The Morgan fingerprint density at radius 3 is 2.39 bits per heavy atom. The number of rotatable bonds is 6. The minimum atomic E-state index is 0.0340. The molecule has 0 saturated heterocycles. The number of alkyl halides is 1. The highest BCUT2D eigenvalue weighted by atomic mass is 35.5. The summed E-state index contributed by atoms with van der Waals surface area (Å²) in [5.74, 6) is 0. The molecule has 102 valence electrons. The van der Waals surface area contributed by atoms with Gasteiger partial charge in [0.25, 0.3) is 0 Å². The minimum absolute atomic E-state index is 0.0340. The lowest BCUT2D eigenvalue weighted by atomic mass is 10.1. The minimum Gasteiger partial charge on any atom is -0.376 e. The molecule has 0 amide bonds. The summed E-state index contributed by atoms with van der Waals surface area (Å²) in [5.41, 5.74) is 2.27. The summed E-state index contributed by atoms with van der Waals surface area (Å²) in [5, 5.41) is 2.78. The van der Waals surface area contributed by atoms with Crippen LogP contribution >= 0.6 is 11.6 Å². The van der Waals surface area contributed by atoms with E-state index in [2.05, 4.69) is 24.0 Å². The second kappa shape index (κ2) is 11.3. The molecule has 1 aromatic rings. The molecule has 0 fully saturated rings. The van der Waals surface area contributed by atoms with Crippen LogP contribution in [-0.4, -0.2) is 32.7 Å². The Labute approximate surface area is 116 Å². The average Bonchev–Trinajstić information content (AvgIpc) is 2.30. The zero-order valence-corrected chi connectivity index (χ0v) is 12.3. The normalized spacial score (nSPS) is 11.3. The van der Waals surface area contributed by atoms with Crippen LogP contribution in [0.1, 0.15) is 12.5 Å². The van der Waals surface area contributed by atoms with E-state index < -0.39 is 0 Å². The molecular weight excluding hydrogens is 246 g/mol. The molecule has 0 aliphatic heterocycles. The van der Waals surface area contributed by atoms with Crippen LogP contribution < -0.4 is 5.32 Å². The van der Waals surface area contributed by atoms with Gasteiger partial charge in [-0.15, -0.1) is 11.6 Å². The standard InChI is InChI=1S/C13H17ClO.C2H7N/c1-11(2)9-15-10-13(14)8-12-6-4-3-5-7-12;1-3-2/h3-7,13H,1,8-10H2,2H3;3H,1-2H3. The van der Waals surface area contributed by atoms with Gasteiger partial charge in [-0.25, -0.2) is 0 Å². The Bertz CT molecular complexity index is 314. The van der Waals surface area contributed by atoms with Crippen molar-refractivity contribution in [2.75, 3.05) is 27.3 Å². The molecule has 1 aromatic carbocycles. The first kappa shape index (κ1) is 17.2. The third-order valence-corrected chi connectivity index (χ3v) is 2.23. The van der Waals surface area contributed by atoms with Gasteiger partial charge in [-0.05, 0) is 33.0 Å². The maximum absolute atomic E-state index is 6.14. The van der Waals surface area contributed by atoms with Crippen LogP contribution in [-0.2, 0) is 11.2 Å². The molecule has 0 saturated carbocycles. The molecular formula is C15H24ClNO. The number of nitrogens with one attached hydrogen (secondary N) is 1. The van der Waals surface area contributed by atoms with Crippen LogP contribution in [0.3, 0.4) is 0 Å². The first-order valence-electron chi connectivity index (χ1n) is 6.08. The summed E-state index contributed by atoms with van der Waals surface area (Å²) in [6.45, 7) is 6.88. The van der Waals surface area contributed by atoms with Crippen LogP contribution in [0.15, 0.2) is 42.5 Å². The molecule has 0 aromatic heterocycles. The molecule has 0 spiro atoms. The molecule has 3 heteroatoms. The summed E-state index contributed by atoms with van der Waals surface area (Å²) < 4.78 is 5.40. The third-order valence-electron chi connectivity index (χ3n) is 1.95. The van der Waals surface area contributed by atoms with E-state index in [1.807, 2.05) is 39.2 Å². The maximum Gasteiger partial charge on any atom is 0.0672 e. The first-order valence-corrected chi connectivity index (χ1v) is 6.52. The van der Waals surface area contributed by atoms with Crippen molar-refractivity contribution in [3.63, 3.8) is 0 Å². The van der Waals surface area contributed by atoms with E-state index in [9.17, 15) is 0 Å².